The third-order valence-corrected chi connectivity index (χ3v) is 4.08. The van der Waals surface area contributed by atoms with Crippen molar-refractivity contribution in [2.45, 2.75) is 26.3 Å². The van der Waals surface area contributed by atoms with E-state index in [-0.39, 0.29) is 42.3 Å². The Morgan fingerprint density at radius 3 is 2.68 bits per heavy atom. The lowest BCUT2D eigenvalue weighted by Gasteiger charge is -2.06. The molecule has 0 aliphatic rings. The van der Waals surface area contributed by atoms with Crippen LogP contribution in [0.3, 0.4) is 0 Å². The number of carbonyl (C=O) groups is 1. The summed E-state index contributed by atoms with van der Waals surface area (Å²) in [5, 5.41) is 31.1. The van der Waals surface area contributed by atoms with Crippen molar-refractivity contribution in [2.75, 3.05) is 0 Å². The van der Waals surface area contributed by atoms with Crippen LogP contribution in [0.5, 0.6) is 5.75 Å². The van der Waals surface area contributed by atoms with Gasteiger partial charge in [0, 0.05) is 42.6 Å². The number of phenolic OH excluding ortho intramolecular Hbond substituents is 1. The predicted octanol–water partition coefficient (Wildman–Crippen LogP) is 2.91. The number of nitrogens with zero attached hydrogens (tertiary/aromatic N) is 3. The van der Waals surface area contributed by atoms with E-state index in [9.17, 15) is 20.0 Å². The number of non-ortho nitro benzene ring substituents is 1. The normalized spacial score (nSPS) is 10.6. The lowest BCUT2D eigenvalue weighted by Crippen LogP contribution is -2.23. The minimum absolute atomic E-state index is 0.0230. The number of amides is 1. The van der Waals surface area contributed by atoms with E-state index in [4.69, 9.17) is 4.42 Å². The molecule has 0 atom stereocenters. The second kappa shape index (κ2) is 8.30. The van der Waals surface area contributed by atoms with E-state index in [1.54, 1.807) is 0 Å². The maximum Gasteiger partial charge on any atom is 0.270 e. The molecule has 1 heterocycles. The molecule has 3 aromatic rings. The Balaban J connectivity index is 1.53. The van der Waals surface area contributed by atoms with Gasteiger partial charge in [-0.3, -0.25) is 14.9 Å². The number of hydrogen-bond donors (Lipinski definition) is 2. The van der Waals surface area contributed by atoms with E-state index in [1.807, 2.05) is 31.2 Å². The van der Waals surface area contributed by atoms with Gasteiger partial charge < -0.3 is 14.8 Å². The highest BCUT2D eigenvalue weighted by Gasteiger charge is 2.13. The van der Waals surface area contributed by atoms with E-state index in [0.717, 1.165) is 11.1 Å². The first-order chi connectivity index (χ1) is 13.4. The van der Waals surface area contributed by atoms with Crippen molar-refractivity contribution < 1.29 is 19.2 Å². The van der Waals surface area contributed by atoms with Crippen LogP contribution in [0.2, 0.25) is 0 Å². The molecule has 0 saturated carbocycles. The van der Waals surface area contributed by atoms with Crippen LogP contribution < -0.4 is 5.32 Å². The number of benzene rings is 2. The average molecular weight is 382 g/mol. The van der Waals surface area contributed by atoms with Crippen molar-refractivity contribution in [1.82, 2.24) is 15.5 Å². The van der Waals surface area contributed by atoms with Crippen molar-refractivity contribution >= 4 is 11.6 Å². The highest BCUT2D eigenvalue weighted by atomic mass is 16.6. The third kappa shape index (κ3) is 4.70. The Kier molecular flexibility index (Phi) is 5.64. The molecule has 0 fully saturated rings. The number of phenols is 1. The quantitative estimate of drug-likeness (QED) is 0.474. The Bertz CT molecular complexity index is 998. The van der Waals surface area contributed by atoms with Gasteiger partial charge in [0.1, 0.15) is 5.75 Å². The fourth-order valence-electron chi connectivity index (χ4n) is 2.50. The number of aromatic hydroxyl groups is 1. The molecule has 1 aromatic heterocycles. The van der Waals surface area contributed by atoms with Gasteiger partial charge >= 0.3 is 0 Å². The van der Waals surface area contributed by atoms with E-state index in [2.05, 4.69) is 15.5 Å². The molecule has 0 radical (unpaired) electrons. The van der Waals surface area contributed by atoms with Gasteiger partial charge in [-0.2, -0.15) is 0 Å². The number of aromatic nitrogens is 2. The van der Waals surface area contributed by atoms with E-state index in [0.29, 0.717) is 11.8 Å². The minimum Gasteiger partial charge on any atom is -0.508 e. The van der Waals surface area contributed by atoms with Gasteiger partial charge in [-0.05, 0) is 25.1 Å². The van der Waals surface area contributed by atoms with Gasteiger partial charge in [-0.25, -0.2) is 0 Å². The zero-order valence-corrected chi connectivity index (χ0v) is 15.1. The molecule has 9 heteroatoms. The zero-order chi connectivity index (χ0) is 20.1. The molecule has 2 N–H and O–H groups in total. The van der Waals surface area contributed by atoms with Crippen LogP contribution in [-0.4, -0.2) is 26.1 Å². The predicted molar refractivity (Wildman–Crippen MR) is 99.4 cm³/mol. The molecule has 0 unspecified atom stereocenters. The number of nitro groups is 1. The maximum absolute atomic E-state index is 12.0. The van der Waals surface area contributed by atoms with Crippen LogP contribution in [0.1, 0.15) is 23.4 Å². The van der Waals surface area contributed by atoms with Gasteiger partial charge in [0.15, 0.2) is 0 Å². The maximum atomic E-state index is 12.0. The van der Waals surface area contributed by atoms with Crippen molar-refractivity contribution in [1.29, 1.82) is 0 Å². The molecule has 0 saturated heterocycles. The van der Waals surface area contributed by atoms with Gasteiger partial charge in [-0.1, -0.05) is 17.7 Å². The summed E-state index contributed by atoms with van der Waals surface area (Å²) in [7, 11) is 0. The van der Waals surface area contributed by atoms with Crippen molar-refractivity contribution in [2.24, 2.45) is 0 Å². The first kappa shape index (κ1) is 19.0. The summed E-state index contributed by atoms with van der Waals surface area (Å²) in [6.07, 6.45) is 0.358. The van der Waals surface area contributed by atoms with E-state index < -0.39 is 4.92 Å². The lowest BCUT2D eigenvalue weighted by atomic mass is 10.1. The first-order valence-corrected chi connectivity index (χ1v) is 8.55. The molecule has 0 spiro atoms. The molecule has 0 aliphatic carbocycles. The fourth-order valence-corrected chi connectivity index (χ4v) is 2.50. The standard InChI is InChI=1S/C19H18N4O5/c1-12-2-4-13(5-3-12)19-22-21-18(28-19)9-8-17(25)20-11-14-10-15(23(26)27)6-7-16(14)24/h2-7,10,24H,8-9,11H2,1H3,(H,20,25). The topological polar surface area (TPSA) is 131 Å². The van der Waals surface area contributed by atoms with Crippen LogP contribution >= 0.6 is 0 Å². The van der Waals surface area contributed by atoms with Crippen molar-refractivity contribution in [3.05, 3.63) is 69.6 Å². The fraction of sp³-hybridized carbons (Fsp3) is 0.211. The monoisotopic (exact) mass is 382 g/mol. The summed E-state index contributed by atoms with van der Waals surface area (Å²) in [4.78, 5) is 22.3. The van der Waals surface area contributed by atoms with Crippen LogP contribution in [0.4, 0.5) is 5.69 Å². The van der Waals surface area contributed by atoms with Crippen LogP contribution in [0, 0.1) is 17.0 Å². The molecule has 1 amide bonds. The second-order valence-electron chi connectivity index (χ2n) is 6.21. The number of nitrogens with one attached hydrogen (secondary N) is 1. The van der Waals surface area contributed by atoms with E-state index in [1.165, 1.54) is 18.2 Å². The summed E-state index contributed by atoms with van der Waals surface area (Å²) in [5.74, 6) is 0.298. The summed E-state index contributed by atoms with van der Waals surface area (Å²) in [6.45, 7) is 1.96. The highest BCUT2D eigenvalue weighted by molar-refractivity contribution is 5.76. The number of aryl methyl sites for hydroxylation is 2. The summed E-state index contributed by atoms with van der Waals surface area (Å²) >= 11 is 0. The third-order valence-electron chi connectivity index (χ3n) is 4.08. The van der Waals surface area contributed by atoms with E-state index >= 15 is 0 Å². The largest absolute Gasteiger partial charge is 0.508 e. The Morgan fingerprint density at radius 2 is 1.96 bits per heavy atom. The average Bonchev–Trinajstić information content (AvgIpc) is 3.15. The summed E-state index contributed by atoms with van der Waals surface area (Å²) < 4.78 is 5.57. The number of carbonyl (C=O) groups excluding carboxylic acids is 1. The molecule has 144 valence electrons. The van der Waals surface area contributed by atoms with Crippen LogP contribution in [-0.2, 0) is 17.8 Å². The van der Waals surface area contributed by atoms with Crippen LogP contribution in [0.25, 0.3) is 11.5 Å². The summed E-state index contributed by atoms with van der Waals surface area (Å²) in [5.41, 5.74) is 2.03. The first-order valence-electron chi connectivity index (χ1n) is 8.55. The molecule has 9 nitrogen and oxygen atoms in total. The Morgan fingerprint density at radius 1 is 1.21 bits per heavy atom. The van der Waals surface area contributed by atoms with Gasteiger partial charge in [0.2, 0.25) is 17.7 Å². The molecule has 0 aliphatic heterocycles. The molecular weight excluding hydrogens is 364 g/mol. The molecule has 28 heavy (non-hydrogen) atoms. The second-order valence-corrected chi connectivity index (χ2v) is 6.21. The highest BCUT2D eigenvalue weighted by Crippen LogP contribution is 2.23. The van der Waals surface area contributed by atoms with Gasteiger partial charge in [0.25, 0.3) is 5.69 Å². The molecule has 3 rings (SSSR count). The van der Waals surface area contributed by atoms with Gasteiger partial charge in [0.05, 0.1) is 4.92 Å². The number of hydrogen-bond acceptors (Lipinski definition) is 7. The molecule has 2 aromatic carbocycles. The minimum atomic E-state index is -0.564. The Labute approximate surface area is 160 Å². The zero-order valence-electron chi connectivity index (χ0n) is 15.1. The molecular formula is C19H18N4O5. The number of nitro benzene ring substituents is 1. The van der Waals surface area contributed by atoms with Gasteiger partial charge in [-0.15, -0.1) is 10.2 Å². The number of rotatable bonds is 7. The lowest BCUT2D eigenvalue weighted by molar-refractivity contribution is -0.384. The van der Waals surface area contributed by atoms with Crippen molar-refractivity contribution in [3.63, 3.8) is 0 Å². The smallest absolute Gasteiger partial charge is 0.270 e. The SMILES string of the molecule is Cc1ccc(-c2nnc(CCC(=O)NCc3cc([N+](=O)[O-])ccc3O)o2)cc1. The molecule has 0 bridgehead atoms. The van der Waals surface area contributed by atoms with Crippen LogP contribution in [0.15, 0.2) is 46.9 Å². The Hall–Kier alpha value is -3.75. The summed E-state index contributed by atoms with van der Waals surface area (Å²) in [6, 6.07) is 11.3. The van der Waals surface area contributed by atoms with Crippen molar-refractivity contribution in [3.8, 4) is 17.2 Å².